The number of pyridine rings is 1. The molecule has 4 heterocycles. The SMILES string of the molecule is C1CC2NCC12.COc1ccn2c(-c3cncc(N)n3)cnc2c1. The molecule has 0 amide bonds. The van der Waals surface area contributed by atoms with Gasteiger partial charge in [-0.3, -0.25) is 9.38 Å². The average Bonchev–Trinajstić information content (AvgIpc) is 3.01. The molecule has 5 rings (SSSR count). The van der Waals surface area contributed by atoms with E-state index in [1.54, 1.807) is 19.5 Å². The summed E-state index contributed by atoms with van der Waals surface area (Å²) in [5.74, 6) is 2.25. The van der Waals surface area contributed by atoms with Gasteiger partial charge in [-0.05, 0) is 31.4 Å². The normalized spacial score (nSPS) is 21.0. The summed E-state index contributed by atoms with van der Waals surface area (Å²) >= 11 is 0. The van der Waals surface area contributed by atoms with Crippen molar-refractivity contribution in [1.29, 1.82) is 0 Å². The molecule has 1 saturated heterocycles. The number of nitrogens with one attached hydrogen (secondary N) is 1. The summed E-state index contributed by atoms with van der Waals surface area (Å²) in [6.45, 7) is 1.31. The Morgan fingerprint density at radius 1 is 1.29 bits per heavy atom. The van der Waals surface area contributed by atoms with Crippen molar-refractivity contribution in [2.45, 2.75) is 18.9 Å². The van der Waals surface area contributed by atoms with Crippen LogP contribution in [0.3, 0.4) is 0 Å². The van der Waals surface area contributed by atoms with Crippen molar-refractivity contribution >= 4 is 11.5 Å². The third kappa shape index (κ3) is 2.67. The van der Waals surface area contributed by atoms with Gasteiger partial charge in [-0.15, -0.1) is 0 Å². The van der Waals surface area contributed by atoms with Gasteiger partial charge in [-0.2, -0.15) is 0 Å². The van der Waals surface area contributed by atoms with Crippen molar-refractivity contribution in [1.82, 2.24) is 24.7 Å². The van der Waals surface area contributed by atoms with Crippen molar-refractivity contribution in [3.05, 3.63) is 36.9 Å². The number of hydrogen-bond acceptors (Lipinski definition) is 6. The smallest absolute Gasteiger partial charge is 0.142 e. The highest BCUT2D eigenvalue weighted by molar-refractivity contribution is 5.61. The van der Waals surface area contributed by atoms with Crippen LogP contribution in [0, 0.1) is 5.92 Å². The molecule has 2 aliphatic rings. The molecular formula is C17H20N6O. The molecule has 2 fully saturated rings. The molecule has 0 bridgehead atoms. The van der Waals surface area contributed by atoms with Crippen LogP contribution in [0.4, 0.5) is 5.82 Å². The molecule has 0 aromatic carbocycles. The number of imidazole rings is 1. The van der Waals surface area contributed by atoms with Crippen molar-refractivity contribution in [2.24, 2.45) is 5.92 Å². The monoisotopic (exact) mass is 324 g/mol. The Bertz CT molecular complexity index is 843. The quantitative estimate of drug-likeness (QED) is 0.746. The molecule has 24 heavy (non-hydrogen) atoms. The minimum atomic E-state index is 0.385. The van der Waals surface area contributed by atoms with Crippen molar-refractivity contribution in [3.63, 3.8) is 0 Å². The maximum Gasteiger partial charge on any atom is 0.142 e. The molecule has 3 N–H and O–H groups in total. The second-order valence-electron chi connectivity index (χ2n) is 6.12. The topological polar surface area (TPSA) is 90.4 Å². The Morgan fingerprint density at radius 2 is 2.17 bits per heavy atom. The van der Waals surface area contributed by atoms with E-state index in [0.29, 0.717) is 11.5 Å². The molecule has 1 aliphatic carbocycles. The van der Waals surface area contributed by atoms with Crippen molar-refractivity contribution in [2.75, 3.05) is 19.4 Å². The molecule has 7 heteroatoms. The largest absolute Gasteiger partial charge is 0.497 e. The molecule has 1 saturated carbocycles. The second-order valence-corrected chi connectivity index (χ2v) is 6.12. The van der Waals surface area contributed by atoms with Crippen LogP contribution in [-0.4, -0.2) is 39.0 Å². The fourth-order valence-electron chi connectivity index (χ4n) is 3.01. The van der Waals surface area contributed by atoms with E-state index in [1.165, 1.54) is 25.6 Å². The first-order chi connectivity index (χ1) is 11.7. The van der Waals surface area contributed by atoms with Gasteiger partial charge in [0.2, 0.25) is 0 Å². The Kier molecular flexibility index (Phi) is 3.78. The van der Waals surface area contributed by atoms with Gasteiger partial charge in [0.25, 0.3) is 0 Å². The summed E-state index contributed by atoms with van der Waals surface area (Å²) in [6.07, 6.45) is 9.72. The van der Waals surface area contributed by atoms with Gasteiger partial charge >= 0.3 is 0 Å². The Morgan fingerprint density at radius 3 is 2.75 bits per heavy atom. The number of nitrogen functional groups attached to an aromatic ring is 1. The van der Waals surface area contributed by atoms with Crippen LogP contribution >= 0.6 is 0 Å². The van der Waals surface area contributed by atoms with E-state index in [0.717, 1.165) is 29.1 Å². The second kappa shape index (κ2) is 6.09. The fourth-order valence-corrected chi connectivity index (χ4v) is 3.01. The van der Waals surface area contributed by atoms with E-state index in [9.17, 15) is 0 Å². The Hall–Kier alpha value is -2.67. The molecule has 3 aromatic rings. The third-order valence-electron chi connectivity index (χ3n) is 4.70. The first kappa shape index (κ1) is 14.9. The summed E-state index contributed by atoms with van der Waals surface area (Å²) < 4.78 is 7.06. The zero-order valence-corrected chi connectivity index (χ0v) is 13.5. The molecule has 124 valence electrons. The molecule has 1 aliphatic heterocycles. The van der Waals surface area contributed by atoms with Crippen LogP contribution in [0.2, 0.25) is 0 Å². The first-order valence-corrected chi connectivity index (χ1v) is 8.07. The lowest BCUT2D eigenvalue weighted by Crippen LogP contribution is -2.59. The number of fused-ring (bicyclic) bond motifs is 2. The number of nitrogens with two attached hydrogens (primary N) is 1. The minimum Gasteiger partial charge on any atom is -0.497 e. The van der Waals surface area contributed by atoms with Crippen LogP contribution in [-0.2, 0) is 0 Å². The maximum absolute atomic E-state index is 5.63. The molecule has 3 aromatic heterocycles. The first-order valence-electron chi connectivity index (χ1n) is 8.07. The van der Waals surface area contributed by atoms with Gasteiger partial charge in [0.1, 0.15) is 22.9 Å². The third-order valence-corrected chi connectivity index (χ3v) is 4.70. The number of anilines is 1. The standard InChI is InChI=1S/C12H11N5O.C5H9N/c1-18-8-2-3-17-10(6-15-12(17)4-8)9-5-14-7-11(13)16-9;1-2-5-4(1)3-6-5/h2-7H,1H3,(H2,13,16);4-6H,1-3H2. The van der Waals surface area contributed by atoms with Gasteiger partial charge in [0.15, 0.2) is 0 Å². The molecular weight excluding hydrogens is 304 g/mol. The van der Waals surface area contributed by atoms with E-state index >= 15 is 0 Å². The Labute approximate surface area is 139 Å². The van der Waals surface area contributed by atoms with Crippen LogP contribution in [0.15, 0.2) is 36.9 Å². The summed E-state index contributed by atoms with van der Waals surface area (Å²) in [5, 5.41) is 3.34. The summed E-state index contributed by atoms with van der Waals surface area (Å²) in [4.78, 5) is 12.6. The van der Waals surface area contributed by atoms with E-state index in [1.807, 2.05) is 22.7 Å². The number of nitrogens with zero attached hydrogens (tertiary/aromatic N) is 4. The molecule has 0 spiro atoms. The maximum atomic E-state index is 5.63. The molecule has 2 atom stereocenters. The zero-order valence-electron chi connectivity index (χ0n) is 13.5. The van der Waals surface area contributed by atoms with Crippen LogP contribution in [0.5, 0.6) is 5.75 Å². The van der Waals surface area contributed by atoms with E-state index in [-0.39, 0.29) is 0 Å². The number of ether oxygens (including phenoxy) is 1. The van der Waals surface area contributed by atoms with Crippen LogP contribution < -0.4 is 15.8 Å². The number of piperidine rings is 1. The van der Waals surface area contributed by atoms with Gasteiger partial charge in [-0.25, -0.2) is 9.97 Å². The van der Waals surface area contributed by atoms with Gasteiger partial charge in [0.05, 0.1) is 31.4 Å². The lowest BCUT2D eigenvalue weighted by Gasteiger charge is -2.47. The number of hydrogen-bond donors (Lipinski definition) is 2. The highest BCUT2D eigenvalue weighted by atomic mass is 16.5. The lowest BCUT2D eigenvalue weighted by atomic mass is 9.74. The molecule has 2 unspecified atom stereocenters. The van der Waals surface area contributed by atoms with E-state index in [2.05, 4.69) is 20.3 Å². The van der Waals surface area contributed by atoms with E-state index < -0.39 is 0 Å². The predicted molar refractivity (Wildman–Crippen MR) is 91.7 cm³/mol. The van der Waals surface area contributed by atoms with Crippen LogP contribution in [0.1, 0.15) is 12.8 Å². The highest BCUT2D eigenvalue weighted by Gasteiger charge is 2.37. The summed E-state index contributed by atoms with van der Waals surface area (Å²) in [6, 6.07) is 4.67. The average molecular weight is 324 g/mol. The van der Waals surface area contributed by atoms with Gasteiger partial charge in [0, 0.05) is 18.3 Å². The Balaban J connectivity index is 0.000000201. The highest BCUT2D eigenvalue weighted by Crippen LogP contribution is 2.32. The van der Waals surface area contributed by atoms with Gasteiger partial charge < -0.3 is 15.8 Å². The minimum absolute atomic E-state index is 0.385. The van der Waals surface area contributed by atoms with Crippen molar-refractivity contribution < 1.29 is 4.74 Å². The number of methoxy groups -OCH3 is 1. The lowest BCUT2D eigenvalue weighted by molar-refractivity contribution is 0.111. The van der Waals surface area contributed by atoms with E-state index in [4.69, 9.17) is 10.5 Å². The zero-order chi connectivity index (χ0) is 16.5. The fraction of sp³-hybridized carbons (Fsp3) is 0.353. The summed E-state index contributed by atoms with van der Waals surface area (Å²) in [7, 11) is 1.62. The van der Waals surface area contributed by atoms with Gasteiger partial charge in [-0.1, -0.05) is 0 Å². The van der Waals surface area contributed by atoms with Crippen LogP contribution in [0.25, 0.3) is 17.0 Å². The summed E-state index contributed by atoms with van der Waals surface area (Å²) in [5.41, 5.74) is 7.94. The molecule has 7 nitrogen and oxygen atoms in total. The van der Waals surface area contributed by atoms with Crippen molar-refractivity contribution in [3.8, 4) is 17.1 Å². The predicted octanol–water partition coefficient (Wildman–Crippen LogP) is 1.75. The number of aromatic nitrogens is 4. The molecule has 0 radical (unpaired) electrons. The number of rotatable bonds is 2.